The van der Waals surface area contributed by atoms with Crippen molar-refractivity contribution >= 4 is 17.8 Å². The summed E-state index contributed by atoms with van der Waals surface area (Å²) in [6.07, 6.45) is 3.48. The molecular formula is C12H17N3O. The number of aldehydes is 1. The highest BCUT2D eigenvalue weighted by Gasteiger charge is 2.35. The molecule has 1 atom stereocenters. The number of carbonyl (C=O) groups is 1. The van der Waals surface area contributed by atoms with Crippen molar-refractivity contribution in [1.82, 2.24) is 4.57 Å². The minimum Gasteiger partial charge on any atom is -0.364 e. The zero-order chi connectivity index (χ0) is 11.3. The number of nitrogens with zero attached hydrogens (tertiary/aromatic N) is 3. The van der Waals surface area contributed by atoms with E-state index >= 15 is 0 Å². The van der Waals surface area contributed by atoms with Gasteiger partial charge in [-0.2, -0.15) is 0 Å². The minimum atomic E-state index is 0.638. The van der Waals surface area contributed by atoms with E-state index in [9.17, 15) is 4.79 Å². The van der Waals surface area contributed by atoms with Gasteiger partial charge in [-0.1, -0.05) is 0 Å². The maximum absolute atomic E-state index is 11.0. The lowest BCUT2D eigenvalue weighted by Crippen LogP contribution is -2.44. The van der Waals surface area contributed by atoms with E-state index in [-0.39, 0.29) is 0 Å². The average Bonchev–Trinajstić information content (AvgIpc) is 2.82. The number of rotatable bonds is 1. The van der Waals surface area contributed by atoms with E-state index in [2.05, 4.69) is 16.8 Å². The monoisotopic (exact) mass is 219 g/mol. The third-order valence-electron chi connectivity index (χ3n) is 3.87. The molecule has 4 heteroatoms. The van der Waals surface area contributed by atoms with Crippen molar-refractivity contribution in [3.63, 3.8) is 0 Å². The first-order valence-electron chi connectivity index (χ1n) is 5.85. The smallest absolute Gasteiger partial charge is 0.166 e. The molecular weight excluding hydrogens is 202 g/mol. The third-order valence-corrected chi connectivity index (χ3v) is 3.87. The molecule has 0 unspecified atom stereocenters. The molecule has 1 aromatic rings. The number of anilines is 2. The minimum absolute atomic E-state index is 0.638. The maximum Gasteiger partial charge on any atom is 0.166 e. The second kappa shape index (κ2) is 3.27. The molecule has 0 spiro atoms. The Morgan fingerprint density at radius 1 is 1.44 bits per heavy atom. The van der Waals surface area contributed by atoms with Gasteiger partial charge in [0.25, 0.3) is 0 Å². The summed E-state index contributed by atoms with van der Waals surface area (Å²) in [6.45, 7) is 2.21. The van der Waals surface area contributed by atoms with Crippen LogP contribution in [0.2, 0.25) is 0 Å². The molecule has 3 rings (SSSR count). The van der Waals surface area contributed by atoms with E-state index in [1.165, 1.54) is 24.3 Å². The topological polar surface area (TPSA) is 28.5 Å². The van der Waals surface area contributed by atoms with E-state index in [4.69, 9.17) is 0 Å². The summed E-state index contributed by atoms with van der Waals surface area (Å²) in [7, 11) is 4.08. The zero-order valence-electron chi connectivity index (χ0n) is 9.81. The first-order valence-corrected chi connectivity index (χ1v) is 5.85. The predicted octanol–water partition coefficient (Wildman–Crippen LogP) is 1.26. The van der Waals surface area contributed by atoms with E-state index in [0.717, 1.165) is 25.1 Å². The van der Waals surface area contributed by atoms with Gasteiger partial charge in [0.2, 0.25) is 0 Å². The Labute approximate surface area is 95.4 Å². The Bertz CT molecular complexity index is 438. The second-order valence-corrected chi connectivity index (χ2v) is 4.82. The van der Waals surface area contributed by atoms with Gasteiger partial charge in [-0.15, -0.1) is 0 Å². The molecule has 0 aromatic carbocycles. The summed E-state index contributed by atoms with van der Waals surface area (Å²) < 4.78 is 2.00. The molecule has 0 saturated carbocycles. The van der Waals surface area contributed by atoms with Crippen LogP contribution in [0.3, 0.4) is 0 Å². The molecule has 3 heterocycles. The number of carbonyl (C=O) groups excluding carboxylic acids is 1. The second-order valence-electron chi connectivity index (χ2n) is 4.82. The molecule has 1 saturated heterocycles. The van der Waals surface area contributed by atoms with Gasteiger partial charge in [0, 0.05) is 33.2 Å². The normalized spacial score (nSPS) is 23.2. The molecule has 2 aliphatic rings. The summed E-state index contributed by atoms with van der Waals surface area (Å²) in [4.78, 5) is 15.7. The Kier molecular flexibility index (Phi) is 1.99. The van der Waals surface area contributed by atoms with Crippen molar-refractivity contribution in [3.05, 3.63) is 11.8 Å². The molecule has 0 radical (unpaired) electrons. The third kappa shape index (κ3) is 1.13. The SMILES string of the molecule is CN1C[C@@H]2CCCN2c2cc(C=O)n(C)c21. The van der Waals surface area contributed by atoms with Crippen LogP contribution in [-0.2, 0) is 7.05 Å². The Hall–Kier alpha value is -1.45. The highest BCUT2D eigenvalue weighted by atomic mass is 16.1. The number of aromatic nitrogens is 1. The first-order chi connectivity index (χ1) is 7.72. The van der Waals surface area contributed by atoms with Crippen molar-refractivity contribution in [3.8, 4) is 0 Å². The number of likely N-dealkylation sites (N-methyl/N-ethyl adjacent to an activating group) is 1. The van der Waals surface area contributed by atoms with Gasteiger partial charge in [0.15, 0.2) is 6.29 Å². The Morgan fingerprint density at radius 2 is 2.25 bits per heavy atom. The predicted molar refractivity (Wildman–Crippen MR) is 64.4 cm³/mol. The maximum atomic E-state index is 11.0. The largest absolute Gasteiger partial charge is 0.364 e. The van der Waals surface area contributed by atoms with Crippen LogP contribution >= 0.6 is 0 Å². The standard InChI is InChI=1S/C12H17N3O/c1-13-7-9-4-3-5-15(9)11-6-10(8-16)14(2)12(11)13/h6,8-9H,3-5,7H2,1-2H3/t9-/m0/s1. The van der Waals surface area contributed by atoms with Crippen LogP contribution in [-0.4, -0.2) is 37.0 Å². The van der Waals surface area contributed by atoms with Crippen molar-refractivity contribution in [2.45, 2.75) is 18.9 Å². The van der Waals surface area contributed by atoms with Gasteiger partial charge in [-0.05, 0) is 18.9 Å². The van der Waals surface area contributed by atoms with Crippen LogP contribution in [0.5, 0.6) is 0 Å². The Balaban J connectivity index is 2.14. The van der Waals surface area contributed by atoms with Crippen LogP contribution in [0, 0.1) is 0 Å². The summed E-state index contributed by atoms with van der Waals surface area (Å²) in [6, 6.07) is 2.66. The molecule has 16 heavy (non-hydrogen) atoms. The lowest BCUT2D eigenvalue weighted by atomic mass is 10.1. The summed E-state index contributed by atoms with van der Waals surface area (Å²) >= 11 is 0. The van der Waals surface area contributed by atoms with Crippen LogP contribution < -0.4 is 9.80 Å². The van der Waals surface area contributed by atoms with Crippen LogP contribution in [0.25, 0.3) is 0 Å². The fraction of sp³-hybridized carbons (Fsp3) is 0.583. The van der Waals surface area contributed by atoms with E-state index in [1.807, 2.05) is 17.7 Å². The number of hydrogen-bond donors (Lipinski definition) is 0. The molecule has 0 N–H and O–H groups in total. The lowest BCUT2D eigenvalue weighted by molar-refractivity contribution is 0.111. The highest BCUT2D eigenvalue weighted by Crippen LogP contribution is 2.40. The molecule has 0 aliphatic carbocycles. The summed E-state index contributed by atoms with van der Waals surface area (Å²) in [5.41, 5.74) is 2.00. The van der Waals surface area contributed by atoms with Crippen molar-refractivity contribution < 1.29 is 4.79 Å². The van der Waals surface area contributed by atoms with E-state index in [0.29, 0.717) is 6.04 Å². The lowest BCUT2D eigenvalue weighted by Gasteiger charge is -2.38. The van der Waals surface area contributed by atoms with Gasteiger partial charge in [-0.25, -0.2) is 0 Å². The van der Waals surface area contributed by atoms with E-state index in [1.54, 1.807) is 0 Å². The molecule has 1 aromatic heterocycles. The van der Waals surface area contributed by atoms with Gasteiger partial charge in [-0.3, -0.25) is 4.79 Å². The van der Waals surface area contributed by atoms with Crippen LogP contribution in [0.4, 0.5) is 11.5 Å². The zero-order valence-corrected chi connectivity index (χ0v) is 9.81. The Morgan fingerprint density at radius 3 is 3.00 bits per heavy atom. The van der Waals surface area contributed by atoms with Crippen molar-refractivity contribution in [2.75, 3.05) is 29.9 Å². The first kappa shape index (κ1) is 9.75. The molecule has 4 nitrogen and oxygen atoms in total. The van der Waals surface area contributed by atoms with Gasteiger partial charge in [0.1, 0.15) is 5.82 Å². The van der Waals surface area contributed by atoms with Crippen molar-refractivity contribution in [1.29, 1.82) is 0 Å². The van der Waals surface area contributed by atoms with Crippen LogP contribution in [0.15, 0.2) is 6.07 Å². The van der Waals surface area contributed by atoms with Crippen molar-refractivity contribution in [2.24, 2.45) is 7.05 Å². The molecule has 86 valence electrons. The van der Waals surface area contributed by atoms with Crippen LogP contribution in [0.1, 0.15) is 23.3 Å². The molecule has 1 fully saturated rings. The van der Waals surface area contributed by atoms with Gasteiger partial charge >= 0.3 is 0 Å². The molecule has 0 amide bonds. The highest BCUT2D eigenvalue weighted by molar-refractivity contribution is 5.83. The fourth-order valence-corrected chi connectivity index (χ4v) is 3.12. The summed E-state index contributed by atoms with van der Waals surface area (Å²) in [5.74, 6) is 1.18. The average molecular weight is 219 g/mol. The number of fused-ring (bicyclic) bond motifs is 3. The van der Waals surface area contributed by atoms with Gasteiger partial charge < -0.3 is 14.4 Å². The van der Waals surface area contributed by atoms with E-state index < -0.39 is 0 Å². The summed E-state index contributed by atoms with van der Waals surface area (Å²) in [5, 5.41) is 0. The van der Waals surface area contributed by atoms with Gasteiger partial charge in [0.05, 0.1) is 11.4 Å². The quantitative estimate of drug-likeness (QED) is 0.666. The fourth-order valence-electron chi connectivity index (χ4n) is 3.12. The molecule has 0 bridgehead atoms. The molecule has 2 aliphatic heterocycles. The number of hydrogen-bond acceptors (Lipinski definition) is 3.